The molecule has 0 bridgehead atoms. The van der Waals surface area contributed by atoms with E-state index in [1.54, 1.807) is 223 Å². The predicted octanol–water partition coefficient (Wildman–Crippen LogP) is 20.5. The van der Waals surface area contributed by atoms with E-state index in [-0.39, 0.29) is 94.3 Å². The average Bonchev–Trinajstić information content (AvgIpc) is 0.795. The molecular weight excluding hydrogens is 1690 g/mol. The molecule has 0 aromatic heterocycles. The van der Waals surface area contributed by atoms with Gasteiger partial charge in [-0.25, -0.2) is 43.2 Å². The van der Waals surface area contributed by atoms with E-state index in [1.807, 2.05) is 48.5 Å². The maximum Gasteiger partial charge on any atom is 0.349 e. The summed E-state index contributed by atoms with van der Waals surface area (Å²) in [5.74, 6) is -2.04. The number of phenolic OH excluding ortho intramolecular Hbond substituents is 8. The van der Waals surface area contributed by atoms with Gasteiger partial charge in [0.15, 0.2) is 6.61 Å². The van der Waals surface area contributed by atoms with Gasteiger partial charge in [0.1, 0.15) is 88.8 Å². The Kier molecular flexibility index (Phi) is 36.3. The van der Waals surface area contributed by atoms with Gasteiger partial charge < -0.3 is 83.5 Å². The van der Waals surface area contributed by atoms with Crippen LogP contribution in [-0.4, -0.2) is 121 Å². The van der Waals surface area contributed by atoms with E-state index in [1.165, 1.54) is 26.0 Å². The highest BCUT2D eigenvalue weighted by Crippen LogP contribution is 2.37. The fourth-order valence-electron chi connectivity index (χ4n) is 11.9. The Bertz CT molecular complexity index is 6700. The van der Waals surface area contributed by atoms with E-state index in [4.69, 9.17) is 42.6 Å². The van der Waals surface area contributed by atoms with Crippen LogP contribution in [0.5, 0.6) is 69.0 Å². The number of benzene rings is 14. The molecule has 8 N–H and O–H groups in total. The molecule has 0 unspecified atom stereocenters. The lowest BCUT2D eigenvalue weighted by Crippen LogP contribution is -2.18. The second-order valence-corrected chi connectivity index (χ2v) is 29.6. The first kappa shape index (κ1) is 100. The highest BCUT2D eigenvalue weighted by molar-refractivity contribution is 6.06. The maximum atomic E-state index is 12.1. The zero-order chi connectivity index (χ0) is 96.6. The van der Waals surface area contributed by atoms with Crippen molar-refractivity contribution in [3.63, 3.8) is 0 Å². The fraction of sp³-hybridized carbons (Fsp3) is 0.123. The molecule has 132 heavy (non-hydrogen) atoms. The molecule has 14 aromatic carbocycles. The summed E-state index contributed by atoms with van der Waals surface area (Å²) in [6.45, 7) is 35.4. The molecule has 26 nitrogen and oxygen atoms in total. The van der Waals surface area contributed by atoms with Crippen LogP contribution in [-0.2, 0) is 75.1 Å². The van der Waals surface area contributed by atoms with Crippen LogP contribution in [0.15, 0.2) is 334 Å². The Morgan fingerprint density at radius 3 is 1.05 bits per heavy atom. The van der Waals surface area contributed by atoms with Gasteiger partial charge in [-0.05, 0) is 217 Å². The van der Waals surface area contributed by atoms with Crippen molar-refractivity contribution in [2.24, 2.45) is 0 Å². The summed E-state index contributed by atoms with van der Waals surface area (Å²) in [5.41, 5.74) is 4.52. The quantitative estimate of drug-likeness (QED) is 0.0103. The van der Waals surface area contributed by atoms with Crippen LogP contribution in [0.1, 0.15) is 70.0 Å². The van der Waals surface area contributed by atoms with Gasteiger partial charge >= 0.3 is 53.7 Å². The summed E-state index contributed by atoms with van der Waals surface area (Å²) in [6.07, 6.45) is 0.611. The number of phenols is 8. The van der Waals surface area contributed by atoms with Crippen molar-refractivity contribution in [1.29, 1.82) is 0 Å². The molecule has 0 aliphatic carbocycles. The normalized spacial score (nSPS) is 10.2. The molecular formula is C106H96O26. The SMILES string of the molecule is C=C(C)C(=O)OCC(=O)Oc1ccc2cc(O)ccc2c1.C=C(C)C(=O)OCCOC(=O)c1cccc2c(O)cccc12.C=C(C)C(=O)OCCc1cccc2c(O)cccc12.C=C(C)C(=O)OCc1cccc2c(O)cccc12.C=C(C)C(=O)Oc1ccc2cc(O)ccc2c1.C=C(C)C(=O)Oc1ccc2cc(O)ccc2c1.C=C(C)C(=O)Oc1cccc2c(O)cc(O)cc12. The van der Waals surface area contributed by atoms with Crippen LogP contribution in [0.3, 0.4) is 0 Å². The fourth-order valence-corrected chi connectivity index (χ4v) is 11.9. The van der Waals surface area contributed by atoms with Gasteiger partial charge in [0.05, 0.1) is 12.2 Å². The monoisotopic (exact) mass is 1780 g/mol. The largest absolute Gasteiger partial charge is 0.508 e. The van der Waals surface area contributed by atoms with Gasteiger partial charge in [0, 0.05) is 78.4 Å². The summed E-state index contributed by atoms with van der Waals surface area (Å²) in [6, 6.07) is 69.7. The van der Waals surface area contributed by atoms with Gasteiger partial charge in [0.25, 0.3) is 0 Å². The Morgan fingerprint density at radius 1 is 0.258 bits per heavy atom. The van der Waals surface area contributed by atoms with E-state index in [0.717, 1.165) is 65.0 Å². The van der Waals surface area contributed by atoms with E-state index in [9.17, 15) is 84.0 Å². The lowest BCUT2D eigenvalue weighted by Gasteiger charge is -2.09. The van der Waals surface area contributed by atoms with E-state index in [2.05, 4.69) is 46.1 Å². The van der Waals surface area contributed by atoms with Gasteiger partial charge in [-0.1, -0.05) is 180 Å². The molecule has 14 rings (SSSR count). The number of carbonyl (C=O) groups is 9. The highest BCUT2D eigenvalue weighted by atomic mass is 16.6. The van der Waals surface area contributed by atoms with Crippen LogP contribution in [0.4, 0.5) is 0 Å². The van der Waals surface area contributed by atoms with Gasteiger partial charge in [-0.15, -0.1) is 0 Å². The number of fused-ring (bicyclic) bond motifs is 7. The number of aromatic hydroxyl groups is 8. The zero-order valence-electron chi connectivity index (χ0n) is 73.3. The topological polar surface area (TPSA) is 399 Å². The first-order valence-corrected chi connectivity index (χ1v) is 40.3. The molecule has 0 amide bonds. The van der Waals surface area contributed by atoms with Crippen molar-refractivity contribution in [2.75, 3.05) is 26.4 Å². The highest BCUT2D eigenvalue weighted by Gasteiger charge is 2.18. The molecule has 0 spiro atoms. The minimum Gasteiger partial charge on any atom is -0.508 e. The molecule has 14 aromatic rings. The Balaban J connectivity index is 0.000000190. The summed E-state index contributed by atoms with van der Waals surface area (Å²) in [7, 11) is 0. The first-order valence-electron chi connectivity index (χ1n) is 40.3. The summed E-state index contributed by atoms with van der Waals surface area (Å²) >= 11 is 0. The maximum absolute atomic E-state index is 12.1. The van der Waals surface area contributed by atoms with Crippen molar-refractivity contribution in [3.8, 4) is 69.0 Å². The number of ether oxygens (including phenoxy) is 9. The van der Waals surface area contributed by atoms with Gasteiger partial charge in [-0.2, -0.15) is 0 Å². The average molecular weight is 1790 g/mol. The smallest absolute Gasteiger partial charge is 0.349 e. The number of esters is 9. The minimum atomic E-state index is -0.678. The standard InChI is InChI=1S/C17H16O5.C16H14O5.C16H16O3.C15H14O3.C14H12O4.2C14H12O3/c1-11(2)16(19)21-9-10-22-17(20)14-7-3-6-13-12(14)5-4-8-15(13)18;1-10(2)16(19)20-9-15(18)21-14-6-4-11-7-13(17)5-3-12(11)8-14;1-11(2)16(18)19-10-9-12-5-3-7-14-13(12)6-4-8-15(14)17;1-10(2)15(17)18-9-11-5-3-7-13-12(11)6-4-8-14(13)16;1-8(2)14(17)18-13-5-3-4-10-11(13)6-9(15)7-12(10)16;2*1-9(2)14(16)17-13-6-4-10-7-12(15)5-3-11(10)8-13/h3-8,18H,1,9-10H2,2H3;3-8,17H,1,9H2,2H3;3-8,17H,1,9-10H2,2H3;3-8,16H,1,9H2,2H3;3-7,15-16H,1H2,2H3;2*3-8,15H,1H2,2H3. The summed E-state index contributed by atoms with van der Waals surface area (Å²) in [4.78, 5) is 103. The van der Waals surface area contributed by atoms with Crippen LogP contribution in [0.25, 0.3) is 75.4 Å². The van der Waals surface area contributed by atoms with E-state index >= 15 is 0 Å². The Hall–Kier alpha value is -17.3. The van der Waals surface area contributed by atoms with E-state index in [0.29, 0.717) is 79.7 Å². The summed E-state index contributed by atoms with van der Waals surface area (Å²) in [5, 5.41) is 87.3. The molecule has 0 fully saturated rings. The van der Waals surface area contributed by atoms with Crippen LogP contribution in [0.2, 0.25) is 0 Å². The van der Waals surface area contributed by atoms with Crippen LogP contribution in [0, 0.1) is 0 Å². The molecule has 26 heteroatoms. The summed E-state index contributed by atoms with van der Waals surface area (Å²) < 4.78 is 45.3. The zero-order valence-corrected chi connectivity index (χ0v) is 73.3. The van der Waals surface area contributed by atoms with Crippen molar-refractivity contribution in [2.45, 2.75) is 61.5 Å². The molecule has 0 aliphatic heterocycles. The number of rotatable bonds is 22. The number of hydrogen-bond donors (Lipinski definition) is 8. The van der Waals surface area contributed by atoms with Crippen molar-refractivity contribution < 1.29 is 127 Å². The molecule has 0 radical (unpaired) electrons. The predicted molar refractivity (Wildman–Crippen MR) is 504 cm³/mol. The Labute approximate surface area is 759 Å². The van der Waals surface area contributed by atoms with Crippen LogP contribution >= 0.6 is 0 Å². The second-order valence-electron chi connectivity index (χ2n) is 29.6. The van der Waals surface area contributed by atoms with Crippen LogP contribution < -0.4 is 18.9 Å². The van der Waals surface area contributed by atoms with Crippen molar-refractivity contribution in [3.05, 3.63) is 350 Å². The van der Waals surface area contributed by atoms with Crippen molar-refractivity contribution in [1.82, 2.24) is 0 Å². The van der Waals surface area contributed by atoms with Gasteiger partial charge in [0.2, 0.25) is 0 Å². The third kappa shape index (κ3) is 29.7. The third-order valence-electron chi connectivity index (χ3n) is 18.5. The minimum absolute atomic E-state index is 0.0343. The van der Waals surface area contributed by atoms with E-state index < -0.39 is 54.4 Å². The Morgan fingerprint density at radius 2 is 0.591 bits per heavy atom. The molecule has 0 atom stereocenters. The third-order valence-corrected chi connectivity index (χ3v) is 18.5. The van der Waals surface area contributed by atoms with Crippen molar-refractivity contribution >= 4 is 129 Å². The number of hydrogen-bond acceptors (Lipinski definition) is 26. The lowest BCUT2D eigenvalue weighted by molar-refractivity contribution is -0.150. The van der Waals surface area contributed by atoms with Gasteiger partial charge in [-0.3, -0.25) is 0 Å². The first-order chi connectivity index (χ1) is 62.7. The number of carbonyl (C=O) groups excluding carboxylic acids is 9. The molecule has 676 valence electrons. The molecule has 0 saturated heterocycles. The molecule has 0 saturated carbocycles. The second kappa shape index (κ2) is 47.9. The lowest BCUT2D eigenvalue weighted by atomic mass is 10.0. The molecule has 0 heterocycles. The molecule has 0 aliphatic rings.